The summed E-state index contributed by atoms with van der Waals surface area (Å²) in [7, 11) is 0.132. The molecule has 6 nitrogen and oxygen atoms in total. The van der Waals surface area contributed by atoms with Crippen LogP contribution in [-0.2, 0) is 10.0 Å². The first-order valence-corrected chi connectivity index (χ1v) is 9.07. The van der Waals surface area contributed by atoms with Gasteiger partial charge in [0, 0.05) is 32.2 Å². The van der Waals surface area contributed by atoms with Crippen LogP contribution < -0.4 is 14.4 Å². The highest BCUT2D eigenvalue weighted by Gasteiger charge is 2.27. The minimum Gasteiger partial charge on any atom is -0.497 e. The number of anilines is 1. The van der Waals surface area contributed by atoms with Crippen molar-refractivity contribution in [1.29, 1.82) is 0 Å². The number of rotatable bonds is 6. The van der Waals surface area contributed by atoms with Crippen molar-refractivity contribution in [2.45, 2.75) is 13.3 Å². The maximum atomic E-state index is 12.1. The maximum Gasteiger partial charge on any atom is 0.214 e. The summed E-state index contributed by atoms with van der Waals surface area (Å²) < 4.78 is 36.4. The lowest BCUT2D eigenvalue weighted by atomic mass is 10.2. The van der Waals surface area contributed by atoms with E-state index in [0.717, 1.165) is 17.2 Å². The van der Waals surface area contributed by atoms with E-state index in [0.29, 0.717) is 32.6 Å². The molecule has 1 aliphatic heterocycles. The van der Waals surface area contributed by atoms with Gasteiger partial charge in [0.1, 0.15) is 11.5 Å². The van der Waals surface area contributed by atoms with Crippen molar-refractivity contribution in [2.75, 3.05) is 51.1 Å². The van der Waals surface area contributed by atoms with Crippen molar-refractivity contribution >= 4 is 15.7 Å². The van der Waals surface area contributed by atoms with Gasteiger partial charge in [0.05, 0.1) is 25.7 Å². The molecule has 0 unspecified atom stereocenters. The fraction of sp³-hybridized carbons (Fsp3) is 0.600. The van der Waals surface area contributed by atoms with E-state index in [9.17, 15) is 8.42 Å². The first-order chi connectivity index (χ1) is 10.5. The zero-order valence-corrected chi connectivity index (χ0v) is 14.2. The Kier molecular flexibility index (Phi) is 5.52. The molecular weight excluding hydrogens is 304 g/mol. The van der Waals surface area contributed by atoms with Gasteiger partial charge in [0.25, 0.3) is 0 Å². The normalized spacial score (nSPS) is 16.6. The van der Waals surface area contributed by atoms with Crippen LogP contribution in [0.5, 0.6) is 11.5 Å². The van der Waals surface area contributed by atoms with Gasteiger partial charge in [-0.1, -0.05) is 6.92 Å². The average Bonchev–Trinajstić information content (AvgIpc) is 2.54. The standard InChI is InChI=1S/C15H24N2O4S/c1-4-11-22(18,19)17-9-7-16(8-10-17)14-6-5-13(20-2)12-15(14)21-3/h5-6,12H,4,7-11H2,1-3H3. The van der Waals surface area contributed by atoms with E-state index in [1.807, 2.05) is 25.1 Å². The lowest BCUT2D eigenvalue weighted by Gasteiger charge is -2.36. The third kappa shape index (κ3) is 3.64. The minimum absolute atomic E-state index is 0.221. The van der Waals surface area contributed by atoms with Gasteiger partial charge < -0.3 is 14.4 Å². The van der Waals surface area contributed by atoms with Crippen LogP contribution in [0, 0.1) is 0 Å². The Balaban J connectivity index is 2.09. The fourth-order valence-electron chi connectivity index (χ4n) is 2.64. The summed E-state index contributed by atoms with van der Waals surface area (Å²) in [5.74, 6) is 1.70. The van der Waals surface area contributed by atoms with Crippen molar-refractivity contribution in [3.05, 3.63) is 18.2 Å². The highest BCUT2D eigenvalue weighted by molar-refractivity contribution is 7.89. The molecule has 0 aliphatic carbocycles. The number of ether oxygens (including phenoxy) is 2. The molecule has 1 heterocycles. The molecule has 0 aromatic heterocycles. The van der Waals surface area contributed by atoms with E-state index in [1.165, 1.54) is 0 Å². The number of piperazine rings is 1. The molecule has 0 saturated carbocycles. The second-order valence-corrected chi connectivity index (χ2v) is 7.33. The van der Waals surface area contributed by atoms with Crippen LogP contribution in [0.2, 0.25) is 0 Å². The summed E-state index contributed by atoms with van der Waals surface area (Å²) in [5.41, 5.74) is 0.968. The second kappa shape index (κ2) is 7.19. The Morgan fingerprint density at radius 1 is 1.09 bits per heavy atom. The minimum atomic E-state index is -3.11. The summed E-state index contributed by atoms with van der Waals surface area (Å²) in [4.78, 5) is 2.15. The zero-order valence-electron chi connectivity index (χ0n) is 13.4. The SMILES string of the molecule is CCCS(=O)(=O)N1CCN(c2ccc(OC)cc2OC)CC1. The predicted molar refractivity (Wildman–Crippen MR) is 87.4 cm³/mol. The van der Waals surface area contributed by atoms with Crippen molar-refractivity contribution in [3.63, 3.8) is 0 Å². The van der Waals surface area contributed by atoms with Crippen molar-refractivity contribution in [3.8, 4) is 11.5 Å². The lowest BCUT2D eigenvalue weighted by Crippen LogP contribution is -2.49. The predicted octanol–water partition coefficient (Wildman–Crippen LogP) is 1.57. The Hall–Kier alpha value is -1.47. The molecule has 1 aromatic rings. The molecule has 22 heavy (non-hydrogen) atoms. The molecule has 1 saturated heterocycles. The van der Waals surface area contributed by atoms with E-state index in [2.05, 4.69) is 4.90 Å². The van der Waals surface area contributed by atoms with E-state index < -0.39 is 10.0 Å². The molecule has 0 amide bonds. The lowest BCUT2D eigenvalue weighted by molar-refractivity contribution is 0.375. The number of methoxy groups -OCH3 is 2. The van der Waals surface area contributed by atoms with Crippen LogP contribution in [0.25, 0.3) is 0 Å². The summed E-state index contributed by atoms with van der Waals surface area (Å²) in [5, 5.41) is 0. The number of benzene rings is 1. The van der Waals surface area contributed by atoms with Crippen LogP contribution in [0.4, 0.5) is 5.69 Å². The smallest absolute Gasteiger partial charge is 0.214 e. The zero-order chi connectivity index (χ0) is 16.2. The van der Waals surface area contributed by atoms with E-state index in [-0.39, 0.29) is 5.75 Å². The maximum absolute atomic E-state index is 12.1. The molecule has 0 spiro atoms. The molecule has 1 fully saturated rings. The fourth-order valence-corrected chi connectivity index (χ4v) is 4.13. The first kappa shape index (κ1) is 16.9. The quantitative estimate of drug-likeness (QED) is 0.793. The Labute approximate surface area is 132 Å². The molecule has 0 radical (unpaired) electrons. The summed E-state index contributed by atoms with van der Waals surface area (Å²) in [6.45, 7) is 4.22. The summed E-state index contributed by atoms with van der Waals surface area (Å²) >= 11 is 0. The van der Waals surface area contributed by atoms with Crippen molar-refractivity contribution < 1.29 is 17.9 Å². The summed E-state index contributed by atoms with van der Waals surface area (Å²) in [6.07, 6.45) is 0.648. The molecule has 2 rings (SSSR count). The third-order valence-electron chi connectivity index (χ3n) is 3.82. The third-order valence-corrected chi connectivity index (χ3v) is 5.90. The number of hydrogen-bond acceptors (Lipinski definition) is 5. The molecule has 0 N–H and O–H groups in total. The molecule has 1 aromatic carbocycles. The number of sulfonamides is 1. The monoisotopic (exact) mass is 328 g/mol. The highest BCUT2D eigenvalue weighted by atomic mass is 32.2. The van der Waals surface area contributed by atoms with Crippen LogP contribution >= 0.6 is 0 Å². The van der Waals surface area contributed by atoms with Gasteiger partial charge in [0.2, 0.25) is 10.0 Å². The second-order valence-electron chi connectivity index (χ2n) is 5.24. The number of hydrogen-bond donors (Lipinski definition) is 0. The van der Waals surface area contributed by atoms with E-state index in [4.69, 9.17) is 9.47 Å². The molecular formula is C15H24N2O4S. The Morgan fingerprint density at radius 3 is 2.32 bits per heavy atom. The first-order valence-electron chi connectivity index (χ1n) is 7.46. The highest BCUT2D eigenvalue weighted by Crippen LogP contribution is 2.32. The van der Waals surface area contributed by atoms with Gasteiger partial charge >= 0.3 is 0 Å². The topological polar surface area (TPSA) is 59.1 Å². The van der Waals surface area contributed by atoms with Crippen LogP contribution in [-0.4, -0.2) is 58.9 Å². The van der Waals surface area contributed by atoms with Crippen LogP contribution in [0.1, 0.15) is 13.3 Å². The molecule has 1 aliphatic rings. The van der Waals surface area contributed by atoms with Crippen molar-refractivity contribution in [1.82, 2.24) is 4.31 Å². The van der Waals surface area contributed by atoms with Gasteiger partial charge in [-0.2, -0.15) is 4.31 Å². The molecule has 124 valence electrons. The van der Waals surface area contributed by atoms with Crippen LogP contribution in [0.3, 0.4) is 0 Å². The summed E-state index contributed by atoms with van der Waals surface area (Å²) in [6, 6.07) is 5.68. The van der Waals surface area contributed by atoms with Crippen molar-refractivity contribution in [2.24, 2.45) is 0 Å². The van der Waals surface area contributed by atoms with Gasteiger partial charge in [-0.05, 0) is 18.6 Å². The molecule has 0 atom stereocenters. The number of nitrogens with zero attached hydrogens (tertiary/aromatic N) is 2. The molecule has 7 heteroatoms. The van der Waals surface area contributed by atoms with Gasteiger partial charge in [-0.15, -0.1) is 0 Å². The van der Waals surface area contributed by atoms with E-state index >= 15 is 0 Å². The van der Waals surface area contributed by atoms with E-state index in [1.54, 1.807) is 18.5 Å². The van der Waals surface area contributed by atoms with Gasteiger partial charge in [-0.3, -0.25) is 0 Å². The van der Waals surface area contributed by atoms with Gasteiger partial charge in [0.15, 0.2) is 0 Å². The average molecular weight is 328 g/mol. The Bertz CT molecular complexity index is 596. The Morgan fingerprint density at radius 2 is 1.77 bits per heavy atom. The molecule has 0 bridgehead atoms. The largest absolute Gasteiger partial charge is 0.497 e. The van der Waals surface area contributed by atoms with Gasteiger partial charge in [-0.25, -0.2) is 8.42 Å². The van der Waals surface area contributed by atoms with Crippen LogP contribution in [0.15, 0.2) is 18.2 Å².